The third-order valence-corrected chi connectivity index (χ3v) is 5.54. The van der Waals surface area contributed by atoms with Crippen molar-refractivity contribution in [2.75, 3.05) is 18.5 Å². The first kappa shape index (κ1) is 16.8. The Labute approximate surface area is 153 Å². The van der Waals surface area contributed by atoms with Gasteiger partial charge in [0, 0.05) is 10.9 Å². The molecule has 4 rings (SSSR count). The van der Waals surface area contributed by atoms with Crippen molar-refractivity contribution >= 4 is 28.1 Å². The fraction of sp³-hybridized carbons (Fsp3) is 0.412. The molecule has 1 aliphatic heterocycles. The van der Waals surface area contributed by atoms with Crippen molar-refractivity contribution in [2.45, 2.75) is 26.2 Å². The lowest BCUT2D eigenvalue weighted by molar-refractivity contribution is -0.385. The van der Waals surface area contributed by atoms with Gasteiger partial charge >= 0.3 is 0 Å². The van der Waals surface area contributed by atoms with Gasteiger partial charge in [-0.3, -0.25) is 20.2 Å². The summed E-state index contributed by atoms with van der Waals surface area (Å²) < 4.78 is 10.8. The van der Waals surface area contributed by atoms with E-state index >= 15 is 0 Å². The van der Waals surface area contributed by atoms with Gasteiger partial charge in [0.05, 0.1) is 16.7 Å². The third-order valence-electron chi connectivity index (χ3n) is 4.51. The highest BCUT2D eigenvalue weighted by Crippen LogP contribution is 2.37. The number of anilines is 1. The van der Waals surface area contributed by atoms with Crippen LogP contribution in [0.25, 0.3) is 0 Å². The zero-order valence-electron chi connectivity index (χ0n) is 14.1. The van der Waals surface area contributed by atoms with E-state index in [2.05, 4.69) is 17.2 Å². The lowest BCUT2D eigenvalue weighted by Gasteiger charge is -2.18. The first-order valence-corrected chi connectivity index (χ1v) is 9.21. The van der Waals surface area contributed by atoms with E-state index in [-0.39, 0.29) is 17.0 Å². The fourth-order valence-electron chi connectivity index (χ4n) is 3.17. The van der Waals surface area contributed by atoms with E-state index in [1.165, 1.54) is 28.3 Å². The SMILES string of the molecule is CC1CCc2nc(NC(=O)c3cc4c(cc3[N+](=O)[O-])OCCO4)sc2C1. The number of nitrogens with one attached hydrogen (secondary N) is 1. The molecule has 1 aromatic heterocycles. The Morgan fingerprint density at radius 3 is 2.81 bits per heavy atom. The van der Waals surface area contributed by atoms with Gasteiger partial charge in [-0.1, -0.05) is 6.92 Å². The zero-order valence-corrected chi connectivity index (χ0v) is 14.9. The van der Waals surface area contributed by atoms with E-state index < -0.39 is 10.8 Å². The number of thiazole rings is 1. The summed E-state index contributed by atoms with van der Waals surface area (Å²) in [6, 6.07) is 2.59. The molecular weight excluding hydrogens is 358 g/mol. The Morgan fingerprint density at radius 2 is 2.08 bits per heavy atom. The van der Waals surface area contributed by atoms with Crippen LogP contribution in [0.2, 0.25) is 0 Å². The Hall–Kier alpha value is -2.68. The molecule has 1 aliphatic carbocycles. The van der Waals surface area contributed by atoms with Crippen LogP contribution >= 0.6 is 11.3 Å². The predicted octanol–water partition coefficient (Wildman–Crippen LogP) is 3.20. The topological polar surface area (TPSA) is 104 Å². The number of hydrogen-bond acceptors (Lipinski definition) is 7. The number of fused-ring (bicyclic) bond motifs is 2. The van der Waals surface area contributed by atoms with Crippen LogP contribution in [0, 0.1) is 16.0 Å². The van der Waals surface area contributed by atoms with Gasteiger partial charge in [0.15, 0.2) is 16.6 Å². The number of nitrogens with zero attached hydrogens (tertiary/aromatic N) is 2. The van der Waals surface area contributed by atoms with Crippen molar-refractivity contribution in [2.24, 2.45) is 5.92 Å². The molecule has 1 aromatic carbocycles. The molecule has 26 heavy (non-hydrogen) atoms. The van der Waals surface area contributed by atoms with Gasteiger partial charge in [0.25, 0.3) is 11.6 Å². The lowest BCUT2D eigenvalue weighted by Crippen LogP contribution is -2.18. The number of rotatable bonds is 3. The maximum atomic E-state index is 12.7. The Morgan fingerprint density at radius 1 is 1.35 bits per heavy atom. The second-order valence-electron chi connectivity index (χ2n) is 6.46. The highest BCUT2D eigenvalue weighted by molar-refractivity contribution is 7.15. The van der Waals surface area contributed by atoms with Gasteiger partial charge < -0.3 is 9.47 Å². The minimum atomic E-state index is -0.596. The number of aromatic nitrogens is 1. The molecular formula is C17H17N3O5S. The number of benzene rings is 1. The summed E-state index contributed by atoms with van der Waals surface area (Å²) in [6.07, 6.45) is 2.93. The van der Waals surface area contributed by atoms with Crippen LogP contribution in [0.3, 0.4) is 0 Å². The zero-order chi connectivity index (χ0) is 18.3. The molecule has 0 spiro atoms. The summed E-state index contributed by atoms with van der Waals surface area (Å²) in [6.45, 7) is 2.85. The summed E-state index contributed by atoms with van der Waals surface area (Å²) in [5.74, 6) is 0.635. The number of amides is 1. The Kier molecular flexibility index (Phi) is 4.23. The number of hydrogen-bond donors (Lipinski definition) is 1. The predicted molar refractivity (Wildman–Crippen MR) is 95.3 cm³/mol. The van der Waals surface area contributed by atoms with Crippen LogP contribution in [0.4, 0.5) is 10.8 Å². The molecule has 0 fully saturated rings. The maximum Gasteiger partial charge on any atom is 0.286 e. The maximum absolute atomic E-state index is 12.7. The molecule has 2 aliphatic rings. The van der Waals surface area contributed by atoms with Crippen molar-refractivity contribution in [3.05, 3.63) is 38.4 Å². The van der Waals surface area contributed by atoms with E-state index in [0.717, 1.165) is 25.0 Å². The number of nitro groups is 1. The van der Waals surface area contributed by atoms with Gasteiger partial charge in [-0.2, -0.15) is 0 Å². The molecule has 0 saturated carbocycles. The average molecular weight is 375 g/mol. The molecule has 1 amide bonds. The highest BCUT2D eigenvalue weighted by atomic mass is 32.1. The quantitative estimate of drug-likeness (QED) is 0.653. The van der Waals surface area contributed by atoms with Gasteiger partial charge in [0.1, 0.15) is 18.8 Å². The van der Waals surface area contributed by atoms with E-state index in [9.17, 15) is 14.9 Å². The van der Waals surface area contributed by atoms with Crippen LogP contribution in [0.5, 0.6) is 11.5 Å². The number of nitro benzene ring substituents is 1. The molecule has 2 heterocycles. The number of carbonyl (C=O) groups is 1. The average Bonchev–Trinajstić information content (AvgIpc) is 3.01. The Bertz CT molecular complexity index is 895. The number of aryl methyl sites for hydroxylation is 1. The second-order valence-corrected chi connectivity index (χ2v) is 7.54. The first-order chi connectivity index (χ1) is 12.5. The van der Waals surface area contributed by atoms with Crippen LogP contribution in [-0.2, 0) is 12.8 Å². The molecule has 0 saturated heterocycles. The van der Waals surface area contributed by atoms with Crippen LogP contribution < -0.4 is 14.8 Å². The van der Waals surface area contributed by atoms with Crippen molar-refractivity contribution in [3.63, 3.8) is 0 Å². The number of ether oxygens (including phenoxy) is 2. The number of carbonyl (C=O) groups excluding carboxylic acids is 1. The molecule has 136 valence electrons. The monoisotopic (exact) mass is 375 g/mol. The molecule has 0 bridgehead atoms. The van der Waals surface area contributed by atoms with E-state index in [1.54, 1.807) is 0 Å². The van der Waals surface area contributed by atoms with Crippen molar-refractivity contribution in [1.82, 2.24) is 4.98 Å². The first-order valence-electron chi connectivity index (χ1n) is 8.39. The highest BCUT2D eigenvalue weighted by Gasteiger charge is 2.27. The summed E-state index contributed by atoms with van der Waals surface area (Å²) >= 11 is 1.44. The molecule has 1 unspecified atom stereocenters. The molecule has 9 heteroatoms. The minimum absolute atomic E-state index is 0.0687. The largest absolute Gasteiger partial charge is 0.486 e. The second kappa shape index (κ2) is 6.56. The van der Waals surface area contributed by atoms with Crippen molar-refractivity contribution in [1.29, 1.82) is 0 Å². The normalized spacial score (nSPS) is 18.1. The summed E-state index contributed by atoms with van der Waals surface area (Å²) in [5, 5.41) is 14.5. The molecule has 8 nitrogen and oxygen atoms in total. The molecule has 0 radical (unpaired) electrons. The van der Waals surface area contributed by atoms with Crippen LogP contribution in [0.15, 0.2) is 12.1 Å². The third kappa shape index (κ3) is 3.10. The van der Waals surface area contributed by atoms with Gasteiger partial charge in [-0.15, -0.1) is 11.3 Å². The fourth-order valence-corrected chi connectivity index (χ4v) is 4.34. The van der Waals surface area contributed by atoms with Gasteiger partial charge in [-0.25, -0.2) is 4.98 Å². The van der Waals surface area contributed by atoms with Crippen LogP contribution in [0.1, 0.15) is 34.3 Å². The van der Waals surface area contributed by atoms with Crippen molar-refractivity contribution < 1.29 is 19.2 Å². The minimum Gasteiger partial charge on any atom is -0.486 e. The smallest absolute Gasteiger partial charge is 0.286 e. The van der Waals surface area contributed by atoms with Gasteiger partial charge in [-0.05, 0) is 25.2 Å². The molecule has 1 atom stereocenters. The summed E-state index contributed by atoms with van der Waals surface area (Å²) in [4.78, 5) is 29.1. The summed E-state index contributed by atoms with van der Waals surface area (Å²) in [5.41, 5.74) is 0.627. The summed E-state index contributed by atoms with van der Waals surface area (Å²) in [7, 11) is 0. The van der Waals surface area contributed by atoms with E-state index in [4.69, 9.17) is 9.47 Å². The Balaban J connectivity index is 1.63. The van der Waals surface area contributed by atoms with E-state index in [0.29, 0.717) is 30.0 Å². The lowest BCUT2D eigenvalue weighted by atomic mass is 9.93. The molecule has 2 aromatic rings. The van der Waals surface area contributed by atoms with Crippen LogP contribution in [-0.4, -0.2) is 29.0 Å². The van der Waals surface area contributed by atoms with Gasteiger partial charge in [0.2, 0.25) is 0 Å². The standard InChI is InChI=1S/C17H17N3O5S/c1-9-2-3-11-15(6-9)26-17(18-11)19-16(21)10-7-13-14(25-5-4-24-13)8-12(10)20(22)23/h7-9H,2-6H2,1H3,(H,18,19,21). The molecule has 1 N–H and O–H groups in total. The van der Waals surface area contributed by atoms with E-state index in [1.807, 2.05) is 0 Å². The van der Waals surface area contributed by atoms with Crippen molar-refractivity contribution in [3.8, 4) is 11.5 Å².